The maximum atomic E-state index is 2.83. The number of hydrogen-bond donors (Lipinski definition) is 0. The topological polar surface area (TPSA) is 9.72 Å². The van der Waals surface area contributed by atoms with Crippen molar-refractivity contribution in [3.05, 3.63) is 0 Å². The third-order valence-corrected chi connectivity index (χ3v) is 8.59. The first-order chi connectivity index (χ1) is 13.3. The van der Waals surface area contributed by atoms with E-state index in [9.17, 15) is 0 Å². The lowest BCUT2D eigenvalue weighted by atomic mass is 9.69. The Kier molecular flexibility index (Phi) is 7.53. The summed E-state index contributed by atoms with van der Waals surface area (Å²) in [7, 11) is 0. The van der Waals surface area contributed by atoms with Crippen molar-refractivity contribution in [1.82, 2.24) is 14.7 Å². The fourth-order valence-electron chi connectivity index (χ4n) is 6.08. The zero-order valence-corrected chi connectivity index (χ0v) is 20.0. The third-order valence-electron chi connectivity index (χ3n) is 8.59. The van der Waals surface area contributed by atoms with Crippen LogP contribution in [-0.4, -0.2) is 73.1 Å². The Morgan fingerprint density at radius 2 is 1.29 bits per heavy atom. The summed E-state index contributed by atoms with van der Waals surface area (Å²) in [5.74, 6) is 1.66. The standard InChI is InChI=1S/C25H49N3/c1-7-23(6)28-16-14-27(15-17-28)20-25(22(4)5)10-12-26(13-11-25)19-24(8-9-24)18-21(2)3/h21-23H,7-20H2,1-6H3. The van der Waals surface area contributed by atoms with E-state index in [2.05, 4.69) is 56.2 Å². The average molecular weight is 392 g/mol. The van der Waals surface area contributed by atoms with Gasteiger partial charge >= 0.3 is 0 Å². The molecule has 2 heterocycles. The van der Waals surface area contributed by atoms with E-state index in [1.807, 2.05) is 0 Å². The van der Waals surface area contributed by atoms with Gasteiger partial charge in [-0.3, -0.25) is 4.90 Å². The first kappa shape index (κ1) is 22.6. The Morgan fingerprint density at radius 1 is 0.714 bits per heavy atom. The third kappa shape index (κ3) is 5.52. The molecule has 0 N–H and O–H groups in total. The smallest absolute Gasteiger partial charge is 0.0113 e. The van der Waals surface area contributed by atoms with Gasteiger partial charge in [-0.25, -0.2) is 0 Å². The molecule has 3 rings (SSSR count). The largest absolute Gasteiger partial charge is 0.303 e. The van der Waals surface area contributed by atoms with Gasteiger partial charge in [0.15, 0.2) is 0 Å². The summed E-state index contributed by atoms with van der Waals surface area (Å²) >= 11 is 0. The molecule has 0 bridgehead atoms. The van der Waals surface area contributed by atoms with Gasteiger partial charge in [0.05, 0.1) is 0 Å². The lowest BCUT2D eigenvalue weighted by molar-refractivity contribution is -0.000914. The summed E-state index contributed by atoms with van der Waals surface area (Å²) < 4.78 is 0. The highest BCUT2D eigenvalue weighted by molar-refractivity contribution is 4.99. The molecular formula is C25H49N3. The lowest BCUT2D eigenvalue weighted by Crippen LogP contribution is -2.55. The molecule has 0 aromatic rings. The van der Waals surface area contributed by atoms with Gasteiger partial charge < -0.3 is 9.80 Å². The molecule has 1 saturated carbocycles. The Balaban J connectivity index is 1.49. The molecule has 28 heavy (non-hydrogen) atoms. The van der Waals surface area contributed by atoms with Gasteiger partial charge in [-0.05, 0) is 81.2 Å². The van der Waals surface area contributed by atoms with Crippen LogP contribution in [0.4, 0.5) is 0 Å². The molecule has 0 radical (unpaired) electrons. The Labute approximate surface area is 176 Å². The zero-order chi connectivity index (χ0) is 20.4. The number of nitrogens with zero attached hydrogens (tertiary/aromatic N) is 3. The fraction of sp³-hybridized carbons (Fsp3) is 1.00. The summed E-state index contributed by atoms with van der Waals surface area (Å²) in [5.41, 5.74) is 1.24. The second-order valence-electron chi connectivity index (χ2n) is 11.5. The summed E-state index contributed by atoms with van der Waals surface area (Å²) in [4.78, 5) is 8.33. The molecule has 164 valence electrons. The molecule has 0 amide bonds. The van der Waals surface area contributed by atoms with Crippen molar-refractivity contribution in [2.45, 2.75) is 86.1 Å². The van der Waals surface area contributed by atoms with Crippen molar-refractivity contribution < 1.29 is 0 Å². The molecule has 3 heteroatoms. The molecule has 1 unspecified atom stereocenters. The summed E-state index contributed by atoms with van der Waals surface area (Å²) in [6, 6.07) is 0.755. The number of hydrogen-bond acceptors (Lipinski definition) is 3. The van der Waals surface area contributed by atoms with Crippen LogP contribution in [0, 0.1) is 22.7 Å². The predicted molar refractivity (Wildman–Crippen MR) is 122 cm³/mol. The van der Waals surface area contributed by atoms with E-state index >= 15 is 0 Å². The molecule has 0 spiro atoms. The highest BCUT2D eigenvalue weighted by Crippen LogP contribution is 2.52. The van der Waals surface area contributed by atoms with Gasteiger partial charge in [0.25, 0.3) is 0 Å². The SMILES string of the molecule is CCC(C)N1CCN(CC2(C(C)C)CCN(CC3(CC(C)C)CC3)CC2)CC1. The Bertz CT molecular complexity index is 466. The van der Waals surface area contributed by atoms with Crippen LogP contribution in [0.5, 0.6) is 0 Å². The van der Waals surface area contributed by atoms with Crippen LogP contribution in [-0.2, 0) is 0 Å². The second kappa shape index (κ2) is 9.35. The van der Waals surface area contributed by atoms with E-state index < -0.39 is 0 Å². The van der Waals surface area contributed by atoms with Crippen LogP contribution in [0.25, 0.3) is 0 Å². The van der Waals surface area contributed by atoms with Crippen molar-refractivity contribution in [3.8, 4) is 0 Å². The molecule has 1 atom stereocenters. The molecule has 2 aliphatic heterocycles. The van der Waals surface area contributed by atoms with Crippen molar-refractivity contribution in [1.29, 1.82) is 0 Å². The fourth-order valence-corrected chi connectivity index (χ4v) is 6.08. The Hall–Kier alpha value is -0.120. The molecule has 3 aliphatic rings. The molecule has 3 fully saturated rings. The van der Waals surface area contributed by atoms with Crippen LogP contribution in [0.3, 0.4) is 0 Å². The van der Waals surface area contributed by atoms with Crippen molar-refractivity contribution in [2.24, 2.45) is 22.7 Å². The van der Waals surface area contributed by atoms with Crippen LogP contribution < -0.4 is 0 Å². The second-order valence-corrected chi connectivity index (χ2v) is 11.5. The molecule has 3 nitrogen and oxygen atoms in total. The maximum absolute atomic E-state index is 2.83. The maximum Gasteiger partial charge on any atom is 0.0113 e. The predicted octanol–water partition coefficient (Wildman–Crippen LogP) is 4.97. The van der Waals surface area contributed by atoms with Crippen molar-refractivity contribution in [3.63, 3.8) is 0 Å². The number of piperazine rings is 1. The van der Waals surface area contributed by atoms with Gasteiger partial charge in [0.2, 0.25) is 0 Å². The molecule has 0 aromatic carbocycles. The first-order valence-corrected chi connectivity index (χ1v) is 12.5. The van der Waals surface area contributed by atoms with E-state index in [0.29, 0.717) is 10.8 Å². The van der Waals surface area contributed by atoms with E-state index in [0.717, 1.165) is 17.9 Å². The van der Waals surface area contributed by atoms with E-state index in [-0.39, 0.29) is 0 Å². The first-order valence-electron chi connectivity index (χ1n) is 12.5. The molecule has 2 saturated heterocycles. The monoisotopic (exact) mass is 391 g/mol. The van der Waals surface area contributed by atoms with Gasteiger partial charge in [-0.1, -0.05) is 34.6 Å². The zero-order valence-electron chi connectivity index (χ0n) is 20.0. The number of piperidine rings is 1. The minimum absolute atomic E-state index is 0.545. The highest BCUT2D eigenvalue weighted by Gasteiger charge is 2.46. The summed E-state index contributed by atoms with van der Waals surface area (Å²) in [6.07, 6.45) is 8.51. The van der Waals surface area contributed by atoms with E-state index in [1.165, 1.54) is 90.9 Å². The van der Waals surface area contributed by atoms with Crippen molar-refractivity contribution in [2.75, 3.05) is 52.4 Å². The number of likely N-dealkylation sites (tertiary alicyclic amines) is 1. The summed E-state index contributed by atoms with van der Waals surface area (Å²) in [6.45, 7) is 25.0. The van der Waals surface area contributed by atoms with Gasteiger partial charge in [-0.15, -0.1) is 0 Å². The van der Waals surface area contributed by atoms with Crippen LogP contribution >= 0.6 is 0 Å². The quantitative estimate of drug-likeness (QED) is 0.549. The van der Waals surface area contributed by atoms with Gasteiger partial charge in [-0.2, -0.15) is 0 Å². The molecule has 1 aliphatic carbocycles. The highest BCUT2D eigenvalue weighted by atomic mass is 15.3. The van der Waals surface area contributed by atoms with E-state index in [1.54, 1.807) is 0 Å². The normalized spacial score (nSPS) is 27.4. The van der Waals surface area contributed by atoms with Crippen LogP contribution in [0.1, 0.15) is 80.1 Å². The van der Waals surface area contributed by atoms with E-state index in [4.69, 9.17) is 0 Å². The molecule has 0 aromatic heterocycles. The number of rotatable bonds is 9. The Morgan fingerprint density at radius 3 is 1.75 bits per heavy atom. The average Bonchev–Trinajstić information content (AvgIpc) is 3.41. The van der Waals surface area contributed by atoms with Crippen LogP contribution in [0.2, 0.25) is 0 Å². The van der Waals surface area contributed by atoms with Gasteiger partial charge in [0.1, 0.15) is 0 Å². The van der Waals surface area contributed by atoms with Gasteiger partial charge in [0, 0.05) is 45.3 Å². The minimum Gasteiger partial charge on any atom is -0.303 e. The minimum atomic E-state index is 0.545. The van der Waals surface area contributed by atoms with Crippen molar-refractivity contribution >= 4 is 0 Å². The van der Waals surface area contributed by atoms with Crippen LogP contribution in [0.15, 0.2) is 0 Å². The lowest BCUT2D eigenvalue weighted by Gasteiger charge is -2.49. The summed E-state index contributed by atoms with van der Waals surface area (Å²) in [5, 5.41) is 0. The molecular weight excluding hydrogens is 342 g/mol.